The van der Waals surface area contributed by atoms with E-state index in [2.05, 4.69) is 12.2 Å². The van der Waals surface area contributed by atoms with Gasteiger partial charge in [0, 0.05) is 11.8 Å². The molecule has 1 amide bonds. The molecule has 0 radical (unpaired) electrons. The van der Waals surface area contributed by atoms with Gasteiger partial charge in [-0.1, -0.05) is 44.2 Å². The molecule has 0 bridgehead atoms. The van der Waals surface area contributed by atoms with E-state index in [0.717, 1.165) is 18.4 Å². The molecule has 1 unspecified atom stereocenters. The molecule has 28 heavy (non-hydrogen) atoms. The first-order valence-electron chi connectivity index (χ1n) is 10.5. The van der Waals surface area contributed by atoms with E-state index < -0.39 is 17.6 Å². The molecule has 7 atom stereocenters. The SMILES string of the molecule is C[C@@H](NC(=O)C[C@@H]1[C@H](O)CCC2[C@](C)(CO)[C@H](O)CC[C@]21C)c1ccccc1. The average molecular weight is 390 g/mol. The summed E-state index contributed by atoms with van der Waals surface area (Å²) in [7, 11) is 0. The van der Waals surface area contributed by atoms with Crippen molar-refractivity contribution in [3.05, 3.63) is 35.9 Å². The maximum absolute atomic E-state index is 12.8. The molecule has 2 saturated carbocycles. The van der Waals surface area contributed by atoms with Crippen molar-refractivity contribution < 1.29 is 20.1 Å². The van der Waals surface area contributed by atoms with Crippen LogP contribution >= 0.6 is 0 Å². The van der Waals surface area contributed by atoms with Gasteiger partial charge in [-0.15, -0.1) is 0 Å². The zero-order valence-electron chi connectivity index (χ0n) is 17.3. The van der Waals surface area contributed by atoms with Crippen LogP contribution in [0.3, 0.4) is 0 Å². The lowest BCUT2D eigenvalue weighted by Gasteiger charge is -2.60. The molecule has 2 fully saturated rings. The minimum absolute atomic E-state index is 0.0564. The number of rotatable bonds is 5. The highest BCUT2D eigenvalue weighted by atomic mass is 16.3. The van der Waals surface area contributed by atoms with E-state index >= 15 is 0 Å². The van der Waals surface area contributed by atoms with Gasteiger partial charge in [0.05, 0.1) is 24.9 Å². The Morgan fingerprint density at radius 2 is 1.86 bits per heavy atom. The van der Waals surface area contributed by atoms with E-state index in [4.69, 9.17) is 0 Å². The third-order valence-electron chi connectivity index (χ3n) is 7.80. The lowest BCUT2D eigenvalue weighted by molar-refractivity contribution is -0.186. The maximum atomic E-state index is 12.8. The van der Waals surface area contributed by atoms with Crippen LogP contribution in [-0.4, -0.2) is 40.0 Å². The second-order valence-corrected chi connectivity index (χ2v) is 9.43. The topological polar surface area (TPSA) is 89.8 Å². The molecule has 0 saturated heterocycles. The number of hydrogen-bond donors (Lipinski definition) is 4. The van der Waals surface area contributed by atoms with E-state index in [1.165, 1.54) is 0 Å². The lowest BCUT2D eigenvalue weighted by atomic mass is 9.46. The van der Waals surface area contributed by atoms with Gasteiger partial charge in [0.2, 0.25) is 5.91 Å². The van der Waals surface area contributed by atoms with Crippen LogP contribution in [0.2, 0.25) is 0 Å². The molecule has 0 spiro atoms. The summed E-state index contributed by atoms with van der Waals surface area (Å²) < 4.78 is 0. The zero-order valence-corrected chi connectivity index (χ0v) is 17.3. The van der Waals surface area contributed by atoms with Crippen LogP contribution in [0.15, 0.2) is 30.3 Å². The molecule has 2 aliphatic rings. The van der Waals surface area contributed by atoms with Gasteiger partial charge >= 0.3 is 0 Å². The monoisotopic (exact) mass is 389 g/mol. The summed E-state index contributed by atoms with van der Waals surface area (Å²) >= 11 is 0. The summed E-state index contributed by atoms with van der Waals surface area (Å²) in [4.78, 5) is 12.8. The highest BCUT2D eigenvalue weighted by Crippen LogP contribution is 2.60. The zero-order chi connectivity index (χ0) is 20.5. The number of carbonyl (C=O) groups is 1. The van der Waals surface area contributed by atoms with Crippen LogP contribution in [0.25, 0.3) is 0 Å². The van der Waals surface area contributed by atoms with E-state index in [9.17, 15) is 20.1 Å². The highest BCUT2D eigenvalue weighted by Gasteiger charge is 2.59. The first-order chi connectivity index (χ1) is 13.2. The summed E-state index contributed by atoms with van der Waals surface area (Å²) in [6.07, 6.45) is 1.92. The average Bonchev–Trinajstić information content (AvgIpc) is 2.68. The molecular weight excluding hydrogens is 354 g/mol. The van der Waals surface area contributed by atoms with Gasteiger partial charge in [0.1, 0.15) is 0 Å². The summed E-state index contributed by atoms with van der Waals surface area (Å²) in [6, 6.07) is 9.76. The van der Waals surface area contributed by atoms with Crippen molar-refractivity contribution in [2.45, 2.75) is 71.1 Å². The van der Waals surface area contributed by atoms with Crippen molar-refractivity contribution in [3.63, 3.8) is 0 Å². The van der Waals surface area contributed by atoms with Crippen LogP contribution in [0.1, 0.15) is 64.5 Å². The predicted octanol–water partition coefficient (Wildman–Crippen LogP) is 2.80. The first-order valence-corrected chi connectivity index (χ1v) is 10.5. The quantitative estimate of drug-likeness (QED) is 0.623. The van der Waals surface area contributed by atoms with Gasteiger partial charge < -0.3 is 20.6 Å². The first kappa shape index (κ1) is 21.3. The molecular formula is C23H35NO4. The third-order valence-corrected chi connectivity index (χ3v) is 7.80. The Labute approximate surface area is 168 Å². The van der Waals surface area contributed by atoms with Crippen molar-refractivity contribution in [2.75, 3.05) is 6.61 Å². The number of nitrogens with one attached hydrogen (secondary N) is 1. The Bertz CT molecular complexity index is 680. The van der Waals surface area contributed by atoms with Crippen LogP contribution in [0.5, 0.6) is 0 Å². The minimum atomic E-state index is -0.584. The van der Waals surface area contributed by atoms with Crippen molar-refractivity contribution in [2.24, 2.45) is 22.7 Å². The van der Waals surface area contributed by atoms with Gasteiger partial charge in [0.15, 0.2) is 0 Å². The van der Waals surface area contributed by atoms with Gasteiger partial charge in [-0.3, -0.25) is 4.79 Å². The molecule has 2 aliphatic carbocycles. The number of aliphatic hydroxyl groups is 3. The number of hydrogen-bond acceptors (Lipinski definition) is 4. The number of carbonyl (C=O) groups excluding carboxylic acids is 1. The van der Waals surface area contributed by atoms with E-state index in [-0.39, 0.29) is 42.2 Å². The van der Waals surface area contributed by atoms with Crippen molar-refractivity contribution in [1.29, 1.82) is 0 Å². The molecule has 1 aromatic rings. The largest absolute Gasteiger partial charge is 0.396 e. The van der Waals surface area contributed by atoms with E-state index in [0.29, 0.717) is 12.8 Å². The van der Waals surface area contributed by atoms with Crippen molar-refractivity contribution in [1.82, 2.24) is 5.32 Å². The van der Waals surface area contributed by atoms with E-state index in [1.54, 1.807) is 0 Å². The summed E-state index contributed by atoms with van der Waals surface area (Å²) in [5.74, 6) is -0.145. The molecule has 156 valence electrons. The van der Waals surface area contributed by atoms with Gasteiger partial charge in [0.25, 0.3) is 0 Å². The van der Waals surface area contributed by atoms with Crippen LogP contribution in [-0.2, 0) is 4.79 Å². The van der Waals surface area contributed by atoms with E-state index in [1.807, 2.05) is 44.2 Å². The molecule has 4 N–H and O–H groups in total. The number of benzene rings is 1. The van der Waals surface area contributed by atoms with Gasteiger partial charge in [-0.25, -0.2) is 0 Å². The fourth-order valence-corrected chi connectivity index (χ4v) is 5.93. The molecule has 5 heteroatoms. The third kappa shape index (κ3) is 3.72. The molecule has 0 aromatic heterocycles. The Hall–Kier alpha value is -1.43. The minimum Gasteiger partial charge on any atom is -0.396 e. The number of fused-ring (bicyclic) bond motifs is 1. The van der Waals surface area contributed by atoms with Gasteiger partial charge in [-0.2, -0.15) is 0 Å². The smallest absolute Gasteiger partial charge is 0.220 e. The fourth-order valence-electron chi connectivity index (χ4n) is 5.93. The maximum Gasteiger partial charge on any atom is 0.220 e. The lowest BCUT2D eigenvalue weighted by Crippen LogP contribution is -2.60. The van der Waals surface area contributed by atoms with Crippen LogP contribution < -0.4 is 5.32 Å². The molecule has 0 aliphatic heterocycles. The van der Waals surface area contributed by atoms with Crippen LogP contribution in [0, 0.1) is 22.7 Å². The molecule has 3 rings (SSSR count). The fraction of sp³-hybridized carbons (Fsp3) is 0.696. The Balaban J connectivity index is 1.75. The molecule has 0 heterocycles. The summed E-state index contributed by atoms with van der Waals surface area (Å²) in [5.41, 5.74) is 0.193. The Kier molecular flexibility index (Phi) is 6.18. The Morgan fingerprint density at radius 3 is 2.50 bits per heavy atom. The highest BCUT2D eigenvalue weighted by molar-refractivity contribution is 5.76. The Morgan fingerprint density at radius 1 is 1.18 bits per heavy atom. The molecule has 5 nitrogen and oxygen atoms in total. The van der Waals surface area contributed by atoms with Crippen LogP contribution in [0.4, 0.5) is 0 Å². The predicted molar refractivity (Wildman–Crippen MR) is 108 cm³/mol. The van der Waals surface area contributed by atoms with Gasteiger partial charge in [-0.05, 0) is 55.4 Å². The molecule has 1 aromatic carbocycles. The normalized spacial score (nSPS) is 39.1. The number of aliphatic hydroxyl groups excluding tert-OH is 3. The summed E-state index contributed by atoms with van der Waals surface area (Å²) in [6.45, 7) is 5.98. The second-order valence-electron chi connectivity index (χ2n) is 9.43. The standard InChI is InChI=1S/C23H35NO4/c1-15(16-7-5-4-6-8-16)24-21(28)13-17-18(26)9-10-19-22(17,2)12-11-20(27)23(19,3)14-25/h4-8,15,17-20,25-27H,9-14H2,1-3H3,(H,24,28)/t15-,17-,18-,19?,20-,22+,23+/m1/s1. The van der Waals surface area contributed by atoms with Crippen molar-refractivity contribution in [3.8, 4) is 0 Å². The van der Waals surface area contributed by atoms with Crippen molar-refractivity contribution >= 4 is 5.91 Å². The second kappa shape index (κ2) is 8.13. The number of amides is 1. The summed E-state index contributed by atoms with van der Waals surface area (Å²) in [5, 5.41) is 34.5.